The van der Waals surface area contributed by atoms with Crippen LogP contribution in [0.1, 0.15) is 29.6 Å². The number of benzene rings is 1. The Balaban J connectivity index is 1.59. The molecule has 3 amide bonds. The molecule has 2 heterocycles. The van der Waals surface area contributed by atoms with Crippen LogP contribution in [0.3, 0.4) is 0 Å². The zero-order valence-corrected chi connectivity index (χ0v) is 14.2. The Morgan fingerprint density at radius 3 is 2.73 bits per heavy atom. The molecule has 7 heteroatoms. The summed E-state index contributed by atoms with van der Waals surface area (Å²) in [4.78, 5) is 40.0. The normalized spacial score (nSPS) is 17.2. The smallest absolute Gasteiger partial charge is 0.327 e. The maximum atomic E-state index is 12.8. The minimum Gasteiger partial charge on any atom is -0.346 e. The van der Waals surface area contributed by atoms with Crippen LogP contribution in [0.15, 0.2) is 30.5 Å². The Bertz CT molecular complexity index is 951. The van der Waals surface area contributed by atoms with Crippen LogP contribution in [-0.4, -0.2) is 51.2 Å². The summed E-state index contributed by atoms with van der Waals surface area (Å²) < 4.78 is 1.87. The second kappa shape index (κ2) is 6.30. The number of urea groups is 1. The number of carbonyl (C=O) groups excluding carboxylic acids is 3. The Labute approximate surface area is 150 Å². The molecule has 7 nitrogen and oxygen atoms in total. The molecule has 1 aliphatic heterocycles. The molecule has 132 valence electrons. The van der Waals surface area contributed by atoms with Gasteiger partial charge in [0.2, 0.25) is 0 Å². The fraction of sp³-hybridized carbons (Fsp3) is 0.368. The molecule has 4 rings (SSSR count). The van der Waals surface area contributed by atoms with Crippen molar-refractivity contribution >= 4 is 28.6 Å². The maximum absolute atomic E-state index is 12.8. The maximum Gasteiger partial charge on any atom is 0.327 e. The van der Waals surface area contributed by atoms with E-state index >= 15 is 0 Å². The lowest BCUT2D eigenvalue weighted by atomic mass is 10.1. The number of aryl methyl sites for hydroxylation is 1. The summed E-state index contributed by atoms with van der Waals surface area (Å²) in [5.74, 6) is -0.584. The van der Waals surface area contributed by atoms with Crippen LogP contribution in [-0.2, 0) is 11.3 Å². The molecule has 0 bridgehead atoms. The summed E-state index contributed by atoms with van der Waals surface area (Å²) >= 11 is 0. The summed E-state index contributed by atoms with van der Waals surface area (Å²) in [6, 6.07) is 9.35. The Morgan fingerprint density at radius 2 is 2.00 bits per heavy atom. The van der Waals surface area contributed by atoms with Crippen molar-refractivity contribution in [3.8, 4) is 6.07 Å². The molecule has 2 fully saturated rings. The largest absolute Gasteiger partial charge is 0.346 e. The second-order valence-electron chi connectivity index (χ2n) is 6.71. The van der Waals surface area contributed by atoms with Gasteiger partial charge in [-0.1, -0.05) is 18.2 Å². The Morgan fingerprint density at radius 1 is 1.23 bits per heavy atom. The summed E-state index contributed by atoms with van der Waals surface area (Å²) in [6.07, 6.45) is 3.90. The van der Waals surface area contributed by atoms with E-state index in [1.807, 2.05) is 28.8 Å². The number of rotatable bonds is 6. The van der Waals surface area contributed by atoms with Gasteiger partial charge in [-0.25, -0.2) is 4.79 Å². The highest BCUT2D eigenvalue weighted by atomic mass is 16.2. The van der Waals surface area contributed by atoms with Crippen molar-refractivity contribution in [2.24, 2.45) is 0 Å². The van der Waals surface area contributed by atoms with Crippen LogP contribution < -0.4 is 0 Å². The fourth-order valence-corrected chi connectivity index (χ4v) is 3.44. The number of aromatic nitrogens is 1. The number of imide groups is 1. The van der Waals surface area contributed by atoms with Crippen LogP contribution in [0.4, 0.5) is 4.79 Å². The summed E-state index contributed by atoms with van der Waals surface area (Å²) in [5, 5.41) is 9.59. The first kappa shape index (κ1) is 16.3. The highest BCUT2D eigenvalue weighted by Crippen LogP contribution is 2.30. The standard InChI is InChI=1S/C19H18N4O3/c20-8-3-9-21-10-15(14-4-1-2-5-16(14)21)17(24)11-23-18(25)12-22(19(23)26)13-6-7-13/h1-2,4-5,10,13H,3,6-7,9,11-12H2. The molecule has 1 aromatic heterocycles. The number of fused-ring (bicyclic) bond motifs is 1. The first-order chi connectivity index (χ1) is 12.6. The highest BCUT2D eigenvalue weighted by Gasteiger charge is 2.44. The minimum atomic E-state index is -0.362. The third-order valence-corrected chi connectivity index (χ3v) is 4.93. The summed E-state index contributed by atoms with van der Waals surface area (Å²) in [7, 11) is 0. The number of hydrogen-bond donors (Lipinski definition) is 0. The predicted molar refractivity (Wildman–Crippen MR) is 93.3 cm³/mol. The van der Waals surface area contributed by atoms with Crippen molar-refractivity contribution in [2.45, 2.75) is 31.8 Å². The fourth-order valence-electron chi connectivity index (χ4n) is 3.44. The average molecular weight is 350 g/mol. The van der Waals surface area contributed by atoms with Gasteiger partial charge in [-0.15, -0.1) is 0 Å². The Hall–Kier alpha value is -3.14. The number of carbonyl (C=O) groups is 3. The van der Waals surface area contributed by atoms with Gasteiger partial charge in [0.05, 0.1) is 19.0 Å². The second-order valence-corrected chi connectivity index (χ2v) is 6.71. The SMILES string of the molecule is N#CCCn1cc(C(=O)CN2C(=O)CN(C3CC3)C2=O)c2ccccc21. The van der Waals surface area contributed by atoms with E-state index in [0.29, 0.717) is 18.5 Å². The van der Waals surface area contributed by atoms with Gasteiger partial charge in [-0.05, 0) is 18.9 Å². The van der Waals surface area contributed by atoms with Gasteiger partial charge in [0.25, 0.3) is 5.91 Å². The van der Waals surface area contributed by atoms with Gasteiger partial charge >= 0.3 is 6.03 Å². The minimum absolute atomic E-state index is 0.0701. The monoisotopic (exact) mass is 350 g/mol. The van der Waals surface area contributed by atoms with Crippen LogP contribution >= 0.6 is 0 Å². The third-order valence-electron chi connectivity index (χ3n) is 4.93. The number of ketones is 1. The molecule has 0 spiro atoms. The number of nitrogens with zero attached hydrogens (tertiary/aromatic N) is 4. The van der Waals surface area contributed by atoms with Crippen molar-refractivity contribution in [1.82, 2.24) is 14.4 Å². The van der Waals surface area contributed by atoms with Gasteiger partial charge in [0.15, 0.2) is 5.78 Å². The van der Waals surface area contributed by atoms with Crippen LogP contribution in [0, 0.1) is 11.3 Å². The predicted octanol–water partition coefficient (Wildman–Crippen LogP) is 2.16. The van der Waals surface area contributed by atoms with E-state index in [0.717, 1.165) is 28.6 Å². The van der Waals surface area contributed by atoms with E-state index in [1.165, 1.54) is 0 Å². The lowest BCUT2D eigenvalue weighted by Gasteiger charge is -2.15. The molecule has 1 aromatic carbocycles. The van der Waals surface area contributed by atoms with Crippen molar-refractivity contribution < 1.29 is 14.4 Å². The van der Waals surface area contributed by atoms with Gasteiger partial charge in [0.1, 0.15) is 6.54 Å². The quantitative estimate of drug-likeness (QED) is 0.590. The van der Waals surface area contributed by atoms with E-state index in [9.17, 15) is 14.4 Å². The molecular formula is C19H18N4O3. The van der Waals surface area contributed by atoms with E-state index in [-0.39, 0.29) is 36.9 Å². The summed E-state index contributed by atoms with van der Waals surface area (Å²) in [5.41, 5.74) is 1.34. The first-order valence-electron chi connectivity index (χ1n) is 8.69. The molecule has 2 aromatic rings. The van der Waals surface area contributed by atoms with Crippen molar-refractivity contribution in [3.05, 3.63) is 36.0 Å². The molecule has 2 aliphatic rings. The molecule has 0 unspecified atom stereocenters. The van der Waals surface area contributed by atoms with E-state index in [1.54, 1.807) is 11.1 Å². The molecule has 0 radical (unpaired) electrons. The third kappa shape index (κ3) is 2.73. The molecule has 0 N–H and O–H groups in total. The topological polar surface area (TPSA) is 86.4 Å². The zero-order valence-electron chi connectivity index (χ0n) is 14.2. The zero-order chi connectivity index (χ0) is 18.3. The van der Waals surface area contributed by atoms with Gasteiger partial charge in [0, 0.05) is 35.2 Å². The first-order valence-corrected chi connectivity index (χ1v) is 8.69. The number of para-hydroxylation sites is 1. The van der Waals surface area contributed by atoms with Crippen molar-refractivity contribution in [3.63, 3.8) is 0 Å². The molecule has 1 aliphatic carbocycles. The lowest BCUT2D eigenvalue weighted by molar-refractivity contribution is -0.125. The van der Waals surface area contributed by atoms with E-state index in [4.69, 9.17) is 5.26 Å². The average Bonchev–Trinajstić information content (AvgIpc) is 3.37. The van der Waals surface area contributed by atoms with Crippen LogP contribution in [0.5, 0.6) is 0 Å². The van der Waals surface area contributed by atoms with Gasteiger partial charge in [-0.3, -0.25) is 14.5 Å². The van der Waals surface area contributed by atoms with Crippen molar-refractivity contribution in [1.29, 1.82) is 5.26 Å². The van der Waals surface area contributed by atoms with Gasteiger partial charge in [-0.2, -0.15) is 5.26 Å². The number of hydrogen-bond acceptors (Lipinski definition) is 4. The number of amides is 3. The van der Waals surface area contributed by atoms with Crippen LogP contribution in [0.2, 0.25) is 0 Å². The van der Waals surface area contributed by atoms with Crippen molar-refractivity contribution in [2.75, 3.05) is 13.1 Å². The Kier molecular flexibility index (Phi) is 3.96. The summed E-state index contributed by atoms with van der Waals surface area (Å²) in [6.45, 7) is 0.315. The molecule has 1 saturated heterocycles. The molecule has 0 atom stereocenters. The van der Waals surface area contributed by atoms with E-state index < -0.39 is 0 Å². The van der Waals surface area contributed by atoms with E-state index in [2.05, 4.69) is 6.07 Å². The molecule has 1 saturated carbocycles. The molecular weight excluding hydrogens is 332 g/mol. The highest BCUT2D eigenvalue weighted by molar-refractivity contribution is 6.13. The molecule has 26 heavy (non-hydrogen) atoms. The number of nitriles is 1. The number of Topliss-reactive ketones (excluding diaryl/α,β-unsaturated/α-hetero) is 1. The van der Waals surface area contributed by atoms with Crippen LogP contribution in [0.25, 0.3) is 10.9 Å². The van der Waals surface area contributed by atoms with Gasteiger partial charge < -0.3 is 9.47 Å². The lowest BCUT2D eigenvalue weighted by Crippen LogP contribution is -2.37.